The molecule has 14 heavy (non-hydrogen) atoms. The van der Waals surface area contributed by atoms with Crippen LogP contribution in [0.4, 0.5) is 0 Å². The zero-order valence-electron chi connectivity index (χ0n) is 7.64. The zero-order valence-corrected chi connectivity index (χ0v) is 9.15. The van der Waals surface area contributed by atoms with Crippen LogP contribution in [-0.4, -0.2) is 9.97 Å². The molecular formula is C9H9Cl2N3. The van der Waals surface area contributed by atoms with Gasteiger partial charge in [0.15, 0.2) is 5.49 Å². The lowest BCUT2D eigenvalue weighted by Gasteiger charge is -2.01. The summed E-state index contributed by atoms with van der Waals surface area (Å²) < 4.78 is 0. The van der Waals surface area contributed by atoms with E-state index in [-0.39, 0.29) is 0 Å². The highest BCUT2D eigenvalue weighted by Gasteiger charge is 2.10. The Bertz CT molecular complexity index is 498. The molecule has 0 fully saturated rings. The van der Waals surface area contributed by atoms with Crippen molar-refractivity contribution < 1.29 is 0 Å². The normalized spacial score (nSPS) is 16.4. The molecule has 0 amide bonds. The van der Waals surface area contributed by atoms with Crippen molar-refractivity contribution in [3.63, 3.8) is 0 Å². The van der Waals surface area contributed by atoms with Crippen LogP contribution < -0.4 is 10.8 Å². The van der Waals surface area contributed by atoms with Crippen molar-refractivity contribution in [3.05, 3.63) is 27.9 Å². The first-order valence-electron chi connectivity index (χ1n) is 4.36. The summed E-state index contributed by atoms with van der Waals surface area (Å²) in [5.41, 5.74) is 1.69. The van der Waals surface area contributed by atoms with Crippen LogP contribution in [0.3, 0.4) is 0 Å². The van der Waals surface area contributed by atoms with Crippen LogP contribution in [0.1, 0.15) is 19.8 Å². The Morgan fingerprint density at radius 3 is 3.00 bits per heavy atom. The highest BCUT2D eigenvalue weighted by molar-refractivity contribution is 6.45. The van der Waals surface area contributed by atoms with Gasteiger partial charge in [-0.15, -0.1) is 0 Å². The average molecular weight is 230 g/mol. The van der Waals surface area contributed by atoms with E-state index in [1.54, 1.807) is 6.33 Å². The quantitative estimate of drug-likeness (QED) is 0.732. The van der Waals surface area contributed by atoms with E-state index in [1.165, 1.54) is 0 Å². The fourth-order valence-electron chi connectivity index (χ4n) is 1.36. The SMILES string of the molecule is CCC1=C(Cl)N=c2[nH]cnc2=C(Cl)C1. The monoisotopic (exact) mass is 229 g/mol. The predicted octanol–water partition coefficient (Wildman–Crippen LogP) is 1.64. The predicted molar refractivity (Wildman–Crippen MR) is 56.4 cm³/mol. The van der Waals surface area contributed by atoms with Gasteiger partial charge in [-0.25, -0.2) is 9.98 Å². The lowest BCUT2D eigenvalue weighted by Crippen LogP contribution is -2.25. The first kappa shape index (κ1) is 9.74. The number of fused-ring (bicyclic) bond motifs is 1. The van der Waals surface area contributed by atoms with Crippen LogP contribution in [0, 0.1) is 0 Å². The number of allylic oxidation sites excluding steroid dienone is 1. The van der Waals surface area contributed by atoms with E-state index in [4.69, 9.17) is 23.2 Å². The zero-order chi connectivity index (χ0) is 10.1. The van der Waals surface area contributed by atoms with Gasteiger partial charge in [-0.2, -0.15) is 0 Å². The number of hydrogen-bond acceptors (Lipinski definition) is 2. The third-order valence-electron chi connectivity index (χ3n) is 2.17. The molecule has 0 aliphatic carbocycles. The second kappa shape index (κ2) is 3.75. The molecular weight excluding hydrogens is 221 g/mol. The number of H-pyrrole nitrogens is 1. The second-order valence-electron chi connectivity index (χ2n) is 3.04. The summed E-state index contributed by atoms with van der Waals surface area (Å²) in [6.07, 6.45) is 3.05. The number of nitrogens with one attached hydrogen (secondary N) is 1. The lowest BCUT2D eigenvalue weighted by molar-refractivity contribution is 1.02. The van der Waals surface area contributed by atoms with Gasteiger partial charge in [-0.1, -0.05) is 30.1 Å². The van der Waals surface area contributed by atoms with Gasteiger partial charge < -0.3 is 4.98 Å². The Hall–Kier alpha value is -0.800. The summed E-state index contributed by atoms with van der Waals surface area (Å²) in [5.74, 6) is 0. The van der Waals surface area contributed by atoms with Crippen LogP contribution in [0.2, 0.25) is 0 Å². The second-order valence-corrected chi connectivity index (χ2v) is 3.86. The molecule has 5 heteroatoms. The summed E-state index contributed by atoms with van der Waals surface area (Å²) in [4.78, 5) is 11.2. The van der Waals surface area contributed by atoms with Crippen molar-refractivity contribution in [3.8, 4) is 0 Å². The molecule has 0 bridgehead atoms. The van der Waals surface area contributed by atoms with Crippen molar-refractivity contribution in [2.45, 2.75) is 19.8 Å². The van der Waals surface area contributed by atoms with Gasteiger partial charge in [0, 0.05) is 6.42 Å². The smallest absolute Gasteiger partial charge is 0.160 e. The van der Waals surface area contributed by atoms with Crippen LogP contribution in [-0.2, 0) is 0 Å². The largest absolute Gasteiger partial charge is 0.329 e. The Balaban J connectivity index is 2.71. The van der Waals surface area contributed by atoms with Gasteiger partial charge in [0.1, 0.15) is 10.5 Å². The van der Waals surface area contributed by atoms with E-state index in [0.29, 0.717) is 27.4 Å². The van der Waals surface area contributed by atoms with Gasteiger partial charge in [0.2, 0.25) is 0 Å². The summed E-state index contributed by atoms with van der Waals surface area (Å²) in [6.45, 7) is 2.03. The first-order valence-corrected chi connectivity index (χ1v) is 5.12. The van der Waals surface area contributed by atoms with E-state index in [9.17, 15) is 0 Å². The maximum absolute atomic E-state index is 6.11. The molecule has 0 spiro atoms. The van der Waals surface area contributed by atoms with Gasteiger partial charge in [-0.3, -0.25) is 0 Å². The molecule has 1 aliphatic rings. The Kier molecular flexibility index (Phi) is 2.61. The van der Waals surface area contributed by atoms with Gasteiger partial charge in [-0.05, 0) is 12.0 Å². The number of halogens is 2. The molecule has 3 nitrogen and oxygen atoms in total. The molecule has 0 saturated carbocycles. The fraction of sp³-hybridized carbons (Fsp3) is 0.333. The van der Waals surface area contributed by atoms with Crippen molar-refractivity contribution in [2.75, 3.05) is 0 Å². The van der Waals surface area contributed by atoms with E-state index < -0.39 is 0 Å². The van der Waals surface area contributed by atoms with Crippen LogP contribution in [0.25, 0.3) is 5.03 Å². The Morgan fingerprint density at radius 1 is 1.50 bits per heavy atom. The molecule has 2 heterocycles. The number of nitrogens with zero attached hydrogens (tertiary/aromatic N) is 2. The minimum Gasteiger partial charge on any atom is -0.329 e. The van der Waals surface area contributed by atoms with Crippen molar-refractivity contribution in [2.24, 2.45) is 4.99 Å². The average Bonchev–Trinajstić information content (AvgIpc) is 2.57. The van der Waals surface area contributed by atoms with Gasteiger partial charge in [0.05, 0.1) is 11.4 Å². The maximum atomic E-state index is 6.11. The van der Waals surface area contributed by atoms with E-state index in [0.717, 1.165) is 12.0 Å². The van der Waals surface area contributed by atoms with E-state index in [1.807, 2.05) is 6.92 Å². The minimum atomic E-state index is 0.522. The van der Waals surface area contributed by atoms with Crippen LogP contribution >= 0.6 is 23.2 Å². The molecule has 0 saturated heterocycles. The standard InChI is InChI=1S/C9H9Cl2N3/c1-2-5-3-6(10)7-9(13-4-12-7)14-8(5)11/h4H,2-3H2,1H3,(H,12,13,14). The Labute approximate surface area is 91.2 Å². The molecule has 0 radical (unpaired) electrons. The molecule has 0 atom stereocenters. The third-order valence-corrected chi connectivity index (χ3v) is 2.84. The maximum Gasteiger partial charge on any atom is 0.160 e. The molecule has 1 aliphatic heterocycles. The number of imidazole rings is 1. The first-order chi connectivity index (χ1) is 6.72. The molecule has 1 N–H and O–H groups in total. The van der Waals surface area contributed by atoms with Gasteiger partial charge >= 0.3 is 0 Å². The summed E-state index contributed by atoms with van der Waals surface area (Å²) in [5, 5.41) is 1.92. The molecule has 0 aromatic carbocycles. The summed E-state index contributed by atoms with van der Waals surface area (Å²) >= 11 is 12.1. The number of aromatic nitrogens is 2. The minimum absolute atomic E-state index is 0.522. The highest BCUT2D eigenvalue weighted by atomic mass is 35.5. The Morgan fingerprint density at radius 2 is 2.29 bits per heavy atom. The van der Waals surface area contributed by atoms with Gasteiger partial charge in [0.25, 0.3) is 0 Å². The van der Waals surface area contributed by atoms with Crippen molar-refractivity contribution >= 4 is 28.2 Å². The molecule has 74 valence electrons. The molecule has 2 rings (SSSR count). The van der Waals surface area contributed by atoms with Crippen molar-refractivity contribution in [1.82, 2.24) is 9.97 Å². The number of aromatic amines is 1. The van der Waals surface area contributed by atoms with Crippen LogP contribution in [0.5, 0.6) is 0 Å². The van der Waals surface area contributed by atoms with E-state index >= 15 is 0 Å². The summed E-state index contributed by atoms with van der Waals surface area (Å²) in [6, 6.07) is 0. The fourth-order valence-corrected chi connectivity index (χ4v) is 1.95. The number of rotatable bonds is 1. The topological polar surface area (TPSA) is 41.0 Å². The molecule has 1 aromatic heterocycles. The van der Waals surface area contributed by atoms with Crippen molar-refractivity contribution in [1.29, 1.82) is 0 Å². The van der Waals surface area contributed by atoms with E-state index in [2.05, 4.69) is 15.0 Å². The number of hydrogen-bond donors (Lipinski definition) is 1. The third kappa shape index (κ3) is 1.57. The molecule has 0 unspecified atom stereocenters. The van der Waals surface area contributed by atoms with Crippen LogP contribution in [0.15, 0.2) is 22.0 Å². The molecule has 1 aromatic rings. The summed E-state index contributed by atoms with van der Waals surface area (Å²) in [7, 11) is 0. The lowest BCUT2D eigenvalue weighted by atomic mass is 10.1. The highest BCUT2D eigenvalue weighted by Crippen LogP contribution is 2.24.